The van der Waals surface area contributed by atoms with Gasteiger partial charge in [-0.3, -0.25) is 18.9 Å². The summed E-state index contributed by atoms with van der Waals surface area (Å²) in [6.07, 6.45) is 0. The number of carbonyl (C=O) groups excluding carboxylic acids is 3. The highest BCUT2D eigenvalue weighted by molar-refractivity contribution is 7.91. The minimum Gasteiger partial charge on any atom is -0.333 e. The van der Waals surface area contributed by atoms with Crippen LogP contribution in [0.2, 0.25) is 0 Å². The standard InChI is InChI=1S/C24H21O5P/c1-15-9-4-6-12-18(15)22(25)20-14-8-11-17(3)21(20)24(27)30(28,29)23(26)19-13-7-5-10-16(19)2/h4-14H,1-3H3,(H,28,29). The molecule has 6 heteroatoms. The highest BCUT2D eigenvalue weighted by Crippen LogP contribution is 2.49. The Balaban J connectivity index is 2.12. The van der Waals surface area contributed by atoms with E-state index in [1.807, 2.05) is 0 Å². The second kappa shape index (κ2) is 8.31. The van der Waals surface area contributed by atoms with E-state index < -0.39 is 24.2 Å². The third kappa shape index (κ3) is 3.82. The molecule has 0 bridgehead atoms. The molecule has 0 fully saturated rings. The average molecular weight is 420 g/mol. The van der Waals surface area contributed by atoms with Crippen molar-refractivity contribution in [2.24, 2.45) is 0 Å². The zero-order valence-corrected chi connectivity index (χ0v) is 17.8. The first-order valence-electron chi connectivity index (χ1n) is 9.34. The highest BCUT2D eigenvalue weighted by atomic mass is 31.2. The van der Waals surface area contributed by atoms with Crippen LogP contribution in [-0.4, -0.2) is 21.7 Å². The van der Waals surface area contributed by atoms with Gasteiger partial charge in [0.05, 0.1) is 0 Å². The number of hydrogen-bond donors (Lipinski definition) is 1. The van der Waals surface area contributed by atoms with Gasteiger partial charge in [-0.2, -0.15) is 0 Å². The smallest absolute Gasteiger partial charge is 0.333 e. The minimum atomic E-state index is -4.97. The maximum Gasteiger partial charge on any atom is 0.337 e. The van der Waals surface area contributed by atoms with E-state index in [9.17, 15) is 23.8 Å². The number of rotatable bonds is 6. The fraction of sp³-hybridized carbons (Fsp3) is 0.125. The van der Waals surface area contributed by atoms with Crippen LogP contribution in [0.25, 0.3) is 0 Å². The lowest BCUT2D eigenvalue weighted by molar-refractivity contribution is 0.0992. The van der Waals surface area contributed by atoms with Crippen LogP contribution in [0.1, 0.15) is 53.3 Å². The summed E-state index contributed by atoms with van der Waals surface area (Å²) >= 11 is 0. The first-order chi connectivity index (χ1) is 14.2. The van der Waals surface area contributed by atoms with Crippen molar-refractivity contribution in [3.8, 4) is 0 Å². The van der Waals surface area contributed by atoms with Crippen molar-refractivity contribution in [3.05, 3.63) is 106 Å². The summed E-state index contributed by atoms with van der Waals surface area (Å²) in [5.41, 5.74) is -0.608. The molecule has 0 spiro atoms. The van der Waals surface area contributed by atoms with E-state index >= 15 is 0 Å². The minimum absolute atomic E-state index is 0.00107. The molecule has 3 aromatic carbocycles. The summed E-state index contributed by atoms with van der Waals surface area (Å²) in [7, 11) is -4.97. The number of benzene rings is 3. The largest absolute Gasteiger partial charge is 0.337 e. The molecule has 152 valence electrons. The zero-order chi connectivity index (χ0) is 22.1. The molecular weight excluding hydrogens is 399 g/mol. The first-order valence-corrected chi connectivity index (χ1v) is 11.0. The summed E-state index contributed by atoms with van der Waals surface area (Å²) in [4.78, 5) is 49.7. The molecule has 0 saturated carbocycles. The molecule has 0 aliphatic carbocycles. The lowest BCUT2D eigenvalue weighted by Gasteiger charge is -2.16. The molecule has 1 unspecified atom stereocenters. The molecular formula is C24H21O5P. The van der Waals surface area contributed by atoms with Crippen molar-refractivity contribution in [1.82, 2.24) is 0 Å². The zero-order valence-electron chi connectivity index (χ0n) is 16.9. The van der Waals surface area contributed by atoms with Crippen molar-refractivity contribution in [2.75, 3.05) is 0 Å². The third-order valence-corrected chi connectivity index (χ3v) is 6.61. The van der Waals surface area contributed by atoms with Gasteiger partial charge in [0.15, 0.2) is 5.78 Å². The van der Waals surface area contributed by atoms with E-state index in [2.05, 4.69) is 0 Å². The second-order valence-corrected chi connectivity index (χ2v) is 9.11. The van der Waals surface area contributed by atoms with E-state index in [0.29, 0.717) is 22.3 Å². The molecule has 0 aromatic heterocycles. The molecule has 3 aromatic rings. The Labute approximate surface area is 174 Å². The lowest BCUT2D eigenvalue weighted by atomic mass is 9.94. The molecule has 1 atom stereocenters. The van der Waals surface area contributed by atoms with E-state index in [-0.39, 0.29) is 16.7 Å². The van der Waals surface area contributed by atoms with Crippen LogP contribution < -0.4 is 0 Å². The molecule has 0 aliphatic rings. The molecule has 5 nitrogen and oxygen atoms in total. The fourth-order valence-electron chi connectivity index (χ4n) is 3.33. The van der Waals surface area contributed by atoms with Gasteiger partial charge in [-0.15, -0.1) is 0 Å². The molecule has 0 saturated heterocycles. The van der Waals surface area contributed by atoms with Gasteiger partial charge in [0.1, 0.15) is 0 Å². The summed E-state index contributed by atoms with van der Waals surface area (Å²) < 4.78 is 13.0. The number of aryl methyl sites for hydroxylation is 3. The van der Waals surface area contributed by atoms with Crippen LogP contribution in [0.5, 0.6) is 0 Å². The van der Waals surface area contributed by atoms with E-state index in [1.54, 1.807) is 75.4 Å². The van der Waals surface area contributed by atoms with Crippen LogP contribution in [0, 0.1) is 20.8 Å². The Morgan fingerprint density at radius 3 is 1.67 bits per heavy atom. The van der Waals surface area contributed by atoms with Crippen LogP contribution in [0.3, 0.4) is 0 Å². The van der Waals surface area contributed by atoms with Crippen molar-refractivity contribution in [1.29, 1.82) is 0 Å². The topological polar surface area (TPSA) is 88.5 Å². The molecule has 0 radical (unpaired) electrons. The number of ketones is 1. The number of hydrogen-bond acceptors (Lipinski definition) is 4. The summed E-state index contributed by atoms with van der Waals surface area (Å²) in [6, 6.07) is 17.8. The Kier molecular flexibility index (Phi) is 5.97. The van der Waals surface area contributed by atoms with Gasteiger partial charge < -0.3 is 4.89 Å². The lowest BCUT2D eigenvalue weighted by Crippen LogP contribution is -2.17. The van der Waals surface area contributed by atoms with E-state index in [1.165, 1.54) is 12.1 Å². The third-order valence-electron chi connectivity index (χ3n) is 5.05. The maximum atomic E-state index is 13.2. The normalized spacial score (nSPS) is 12.8. The number of carbonyl (C=O) groups is 3. The van der Waals surface area contributed by atoms with Crippen molar-refractivity contribution in [2.45, 2.75) is 20.8 Å². The summed E-state index contributed by atoms with van der Waals surface area (Å²) in [6.45, 7) is 4.96. The first kappa shape index (κ1) is 21.6. The second-order valence-electron chi connectivity index (χ2n) is 7.14. The SMILES string of the molecule is Cc1ccccc1C(=O)c1cccc(C)c1C(=O)P(=O)(O)C(=O)c1ccccc1C. The quantitative estimate of drug-likeness (QED) is 0.443. The molecule has 1 N–H and O–H groups in total. The van der Waals surface area contributed by atoms with Gasteiger partial charge in [-0.25, -0.2) is 0 Å². The molecule has 0 amide bonds. The molecule has 0 heterocycles. The van der Waals surface area contributed by atoms with E-state index in [4.69, 9.17) is 0 Å². The van der Waals surface area contributed by atoms with Crippen LogP contribution in [-0.2, 0) is 4.57 Å². The molecule has 30 heavy (non-hydrogen) atoms. The van der Waals surface area contributed by atoms with Gasteiger partial charge in [-0.1, -0.05) is 66.7 Å². The van der Waals surface area contributed by atoms with Crippen LogP contribution in [0.15, 0.2) is 66.7 Å². The Hall–Kier alpha value is -3.14. The van der Waals surface area contributed by atoms with Gasteiger partial charge in [0.25, 0.3) is 11.0 Å². The van der Waals surface area contributed by atoms with E-state index in [0.717, 1.165) is 0 Å². The monoisotopic (exact) mass is 420 g/mol. The Bertz CT molecular complexity index is 1230. The van der Waals surface area contributed by atoms with Crippen LogP contribution in [0.4, 0.5) is 0 Å². The Morgan fingerprint density at radius 1 is 0.633 bits per heavy atom. The predicted molar refractivity (Wildman–Crippen MR) is 115 cm³/mol. The van der Waals surface area contributed by atoms with Crippen molar-refractivity contribution < 1.29 is 23.8 Å². The van der Waals surface area contributed by atoms with Crippen LogP contribution >= 0.6 is 7.37 Å². The Morgan fingerprint density at radius 2 is 1.10 bits per heavy atom. The van der Waals surface area contributed by atoms with Crippen molar-refractivity contribution in [3.63, 3.8) is 0 Å². The average Bonchev–Trinajstić information content (AvgIpc) is 2.72. The maximum absolute atomic E-state index is 13.2. The van der Waals surface area contributed by atoms with Gasteiger partial charge in [0, 0.05) is 22.3 Å². The van der Waals surface area contributed by atoms with Gasteiger partial charge in [-0.05, 0) is 37.5 Å². The van der Waals surface area contributed by atoms with Crippen molar-refractivity contribution >= 4 is 24.2 Å². The van der Waals surface area contributed by atoms with Gasteiger partial charge in [0.2, 0.25) is 0 Å². The van der Waals surface area contributed by atoms with Gasteiger partial charge >= 0.3 is 7.37 Å². The molecule has 0 aliphatic heterocycles. The highest BCUT2D eigenvalue weighted by Gasteiger charge is 2.42. The predicted octanol–water partition coefficient (Wildman–Crippen LogP) is 5.09. The summed E-state index contributed by atoms with van der Waals surface area (Å²) in [5, 5.41) is 0. The molecule has 3 rings (SSSR count). The summed E-state index contributed by atoms with van der Waals surface area (Å²) in [5.74, 6) is -0.441. The fourth-order valence-corrected chi connectivity index (χ4v) is 4.70.